The highest BCUT2D eigenvalue weighted by Crippen LogP contribution is 2.42. The normalized spacial score (nSPS) is 31.4. The lowest BCUT2D eigenvalue weighted by Gasteiger charge is -2.20. The number of likely N-dealkylation sites (tertiary alicyclic amines) is 1. The van der Waals surface area contributed by atoms with Gasteiger partial charge in [-0.2, -0.15) is 0 Å². The molecule has 1 heterocycles. The van der Waals surface area contributed by atoms with Crippen LogP contribution in [-0.2, 0) is 9.63 Å². The lowest BCUT2D eigenvalue weighted by Crippen LogP contribution is -2.33. The topological polar surface area (TPSA) is 70.1 Å². The summed E-state index contributed by atoms with van der Waals surface area (Å²) in [7, 11) is 3.08. The minimum atomic E-state index is -0.851. The zero-order valence-electron chi connectivity index (χ0n) is 10.1. The van der Waals surface area contributed by atoms with Gasteiger partial charge in [-0.05, 0) is 24.7 Å². The van der Waals surface area contributed by atoms with Crippen LogP contribution in [0, 0.1) is 17.8 Å². The fraction of sp³-hybridized carbons (Fsp3) is 0.818. The van der Waals surface area contributed by atoms with Crippen molar-refractivity contribution in [2.24, 2.45) is 17.8 Å². The Morgan fingerprint density at radius 1 is 1.29 bits per heavy atom. The SMILES string of the molecule is CON(C)C(=O)[C@H]1C[C@@H]2CN(C(=O)O)C[C@@H]2C1. The van der Waals surface area contributed by atoms with Crippen LogP contribution in [-0.4, -0.2) is 54.3 Å². The van der Waals surface area contributed by atoms with Crippen molar-refractivity contribution in [1.82, 2.24) is 9.96 Å². The fourth-order valence-corrected chi connectivity index (χ4v) is 3.00. The van der Waals surface area contributed by atoms with E-state index in [9.17, 15) is 9.59 Å². The molecule has 1 saturated heterocycles. The van der Waals surface area contributed by atoms with Crippen LogP contribution in [0.15, 0.2) is 0 Å². The van der Waals surface area contributed by atoms with Crippen LogP contribution >= 0.6 is 0 Å². The number of hydrogen-bond acceptors (Lipinski definition) is 3. The maximum Gasteiger partial charge on any atom is 0.407 e. The van der Waals surface area contributed by atoms with Crippen LogP contribution in [0.5, 0.6) is 0 Å². The number of carbonyl (C=O) groups excluding carboxylic acids is 1. The highest BCUT2D eigenvalue weighted by Gasteiger charge is 2.45. The van der Waals surface area contributed by atoms with Crippen molar-refractivity contribution in [3.8, 4) is 0 Å². The highest BCUT2D eigenvalue weighted by molar-refractivity contribution is 5.78. The molecule has 6 heteroatoms. The van der Waals surface area contributed by atoms with E-state index in [1.165, 1.54) is 17.1 Å². The van der Waals surface area contributed by atoms with E-state index in [-0.39, 0.29) is 11.8 Å². The Balaban J connectivity index is 1.92. The molecule has 1 aliphatic carbocycles. The molecule has 2 aliphatic rings. The molecule has 0 aromatic carbocycles. The standard InChI is InChI=1S/C11H18N2O4/c1-12(17-2)10(14)7-3-8-5-13(11(15)16)6-9(8)4-7/h7-9H,3-6H2,1-2H3,(H,15,16)/t7-,8+,9-. The van der Waals surface area contributed by atoms with Crippen LogP contribution < -0.4 is 0 Å². The van der Waals surface area contributed by atoms with Gasteiger partial charge in [-0.25, -0.2) is 9.86 Å². The van der Waals surface area contributed by atoms with E-state index in [2.05, 4.69) is 0 Å². The molecule has 17 heavy (non-hydrogen) atoms. The maximum atomic E-state index is 11.9. The van der Waals surface area contributed by atoms with Gasteiger partial charge in [0, 0.05) is 26.1 Å². The second-order valence-corrected chi connectivity index (χ2v) is 4.89. The van der Waals surface area contributed by atoms with E-state index < -0.39 is 6.09 Å². The second kappa shape index (κ2) is 4.52. The summed E-state index contributed by atoms with van der Waals surface area (Å²) in [6.45, 7) is 1.14. The minimum Gasteiger partial charge on any atom is -0.465 e. The third-order valence-corrected chi connectivity index (χ3v) is 3.95. The monoisotopic (exact) mass is 242 g/mol. The molecule has 0 radical (unpaired) electrons. The fourth-order valence-electron chi connectivity index (χ4n) is 3.00. The van der Waals surface area contributed by atoms with Crippen LogP contribution in [0.2, 0.25) is 0 Å². The average molecular weight is 242 g/mol. The number of hydrogen-bond donors (Lipinski definition) is 1. The minimum absolute atomic E-state index is 0.00350. The largest absolute Gasteiger partial charge is 0.465 e. The van der Waals surface area contributed by atoms with E-state index in [1.807, 2.05) is 0 Å². The van der Waals surface area contributed by atoms with Crippen LogP contribution in [0.25, 0.3) is 0 Å². The van der Waals surface area contributed by atoms with Crippen molar-refractivity contribution >= 4 is 12.0 Å². The van der Waals surface area contributed by atoms with Crippen LogP contribution in [0.1, 0.15) is 12.8 Å². The number of carboxylic acid groups (broad SMARTS) is 1. The first-order valence-corrected chi connectivity index (χ1v) is 5.82. The van der Waals surface area contributed by atoms with Gasteiger partial charge in [0.2, 0.25) is 5.91 Å². The maximum absolute atomic E-state index is 11.9. The van der Waals surface area contributed by atoms with E-state index in [4.69, 9.17) is 9.94 Å². The Morgan fingerprint density at radius 3 is 2.24 bits per heavy atom. The average Bonchev–Trinajstić information content (AvgIpc) is 2.84. The van der Waals surface area contributed by atoms with Gasteiger partial charge in [-0.1, -0.05) is 0 Å². The molecule has 0 aromatic rings. The molecule has 3 atom stereocenters. The zero-order valence-corrected chi connectivity index (χ0v) is 10.1. The number of nitrogens with zero attached hydrogens (tertiary/aromatic N) is 2. The first-order chi connectivity index (χ1) is 8.02. The van der Waals surface area contributed by atoms with Crippen molar-refractivity contribution in [2.75, 3.05) is 27.2 Å². The van der Waals surface area contributed by atoms with E-state index >= 15 is 0 Å². The Hall–Kier alpha value is -1.30. The first kappa shape index (κ1) is 12.2. The number of carbonyl (C=O) groups is 2. The van der Waals surface area contributed by atoms with Crippen molar-refractivity contribution in [2.45, 2.75) is 12.8 Å². The summed E-state index contributed by atoms with van der Waals surface area (Å²) in [6, 6.07) is 0. The van der Waals surface area contributed by atoms with Crippen LogP contribution in [0.4, 0.5) is 4.79 Å². The molecule has 6 nitrogen and oxygen atoms in total. The Morgan fingerprint density at radius 2 is 1.82 bits per heavy atom. The quantitative estimate of drug-likeness (QED) is 0.721. The molecule has 96 valence electrons. The number of rotatable bonds is 2. The van der Waals surface area contributed by atoms with Gasteiger partial charge in [-0.15, -0.1) is 0 Å². The predicted octanol–water partition coefficient (Wildman–Crippen LogP) is 0.642. The molecule has 1 saturated carbocycles. The van der Waals surface area contributed by atoms with Gasteiger partial charge in [0.05, 0.1) is 7.11 Å². The Kier molecular flexibility index (Phi) is 3.24. The van der Waals surface area contributed by atoms with Gasteiger partial charge in [-0.3, -0.25) is 9.63 Å². The highest BCUT2D eigenvalue weighted by atomic mass is 16.7. The van der Waals surface area contributed by atoms with Gasteiger partial charge < -0.3 is 10.0 Å². The molecule has 0 aromatic heterocycles. The summed E-state index contributed by atoms with van der Waals surface area (Å²) < 4.78 is 0. The van der Waals surface area contributed by atoms with E-state index in [1.54, 1.807) is 7.05 Å². The molecule has 0 bridgehead atoms. The Bertz CT molecular complexity index is 319. The predicted molar refractivity (Wildman–Crippen MR) is 59.1 cm³/mol. The summed E-state index contributed by atoms with van der Waals surface area (Å²) in [5.74, 6) is 0.672. The molecule has 1 N–H and O–H groups in total. The molecule has 1 aliphatic heterocycles. The molecule has 0 spiro atoms. The summed E-state index contributed by atoms with van der Waals surface area (Å²) in [5, 5.41) is 10.2. The summed E-state index contributed by atoms with van der Waals surface area (Å²) in [6.07, 6.45) is 0.707. The lowest BCUT2D eigenvalue weighted by atomic mass is 10.0. The number of hydroxylamine groups is 2. The first-order valence-electron chi connectivity index (χ1n) is 5.82. The molecular weight excluding hydrogens is 224 g/mol. The van der Waals surface area contributed by atoms with Gasteiger partial charge >= 0.3 is 6.09 Å². The summed E-state index contributed by atoms with van der Waals surface area (Å²) >= 11 is 0. The summed E-state index contributed by atoms with van der Waals surface area (Å²) in [5.41, 5.74) is 0. The van der Waals surface area contributed by atoms with Crippen molar-refractivity contribution in [1.29, 1.82) is 0 Å². The molecule has 2 fully saturated rings. The van der Waals surface area contributed by atoms with Gasteiger partial charge in [0.15, 0.2) is 0 Å². The third kappa shape index (κ3) is 2.22. The van der Waals surface area contributed by atoms with E-state index in [0.29, 0.717) is 24.9 Å². The molecule has 2 amide bonds. The third-order valence-electron chi connectivity index (χ3n) is 3.95. The molecular formula is C11H18N2O4. The van der Waals surface area contributed by atoms with Crippen molar-refractivity contribution in [3.05, 3.63) is 0 Å². The molecule has 0 unspecified atom stereocenters. The van der Waals surface area contributed by atoms with Gasteiger partial charge in [0.25, 0.3) is 0 Å². The zero-order chi connectivity index (χ0) is 12.6. The number of amides is 2. The van der Waals surface area contributed by atoms with Crippen LogP contribution in [0.3, 0.4) is 0 Å². The summed E-state index contributed by atoms with van der Waals surface area (Å²) in [4.78, 5) is 29.1. The van der Waals surface area contributed by atoms with Gasteiger partial charge in [0.1, 0.15) is 0 Å². The van der Waals surface area contributed by atoms with E-state index in [0.717, 1.165) is 12.8 Å². The second-order valence-electron chi connectivity index (χ2n) is 4.89. The Labute approximate surface area is 100 Å². The van der Waals surface area contributed by atoms with Crippen molar-refractivity contribution < 1.29 is 19.5 Å². The lowest BCUT2D eigenvalue weighted by molar-refractivity contribution is -0.173. The number of fused-ring (bicyclic) bond motifs is 1. The molecule has 2 rings (SSSR count). The smallest absolute Gasteiger partial charge is 0.407 e. The van der Waals surface area contributed by atoms with Crippen molar-refractivity contribution in [3.63, 3.8) is 0 Å².